The molecule has 0 aliphatic heterocycles. The van der Waals surface area contributed by atoms with Gasteiger partial charge in [-0.05, 0) is 36.6 Å². The van der Waals surface area contributed by atoms with Gasteiger partial charge in [0.15, 0.2) is 0 Å². The summed E-state index contributed by atoms with van der Waals surface area (Å²) in [7, 11) is 0. The minimum absolute atomic E-state index is 0.349. The second-order valence-electron chi connectivity index (χ2n) is 3.92. The Bertz CT molecular complexity index is 525. The minimum Gasteiger partial charge on any atom is -0.364 e. The van der Waals surface area contributed by atoms with Gasteiger partial charge in [-0.15, -0.1) is 11.3 Å². The smallest absolute Gasteiger partial charge is 0.150 e. The maximum Gasteiger partial charge on any atom is 0.150 e. The van der Waals surface area contributed by atoms with Crippen molar-refractivity contribution < 1.29 is 9.18 Å². The monoisotopic (exact) mass is 263 g/mol. The first kappa shape index (κ1) is 12.8. The Morgan fingerprint density at radius 1 is 1.39 bits per heavy atom. The largest absolute Gasteiger partial charge is 0.364 e. The van der Waals surface area contributed by atoms with Gasteiger partial charge in [-0.25, -0.2) is 4.39 Å². The van der Waals surface area contributed by atoms with Crippen LogP contribution in [0.5, 0.6) is 0 Å². The van der Waals surface area contributed by atoms with Crippen LogP contribution < -0.4 is 4.90 Å². The lowest BCUT2D eigenvalue weighted by atomic mass is 10.2. The number of halogens is 1. The molecule has 4 heteroatoms. The molecule has 1 aromatic carbocycles. The summed E-state index contributed by atoms with van der Waals surface area (Å²) in [6, 6.07) is 8.60. The van der Waals surface area contributed by atoms with Crippen molar-refractivity contribution in [2.45, 2.75) is 13.5 Å². The second-order valence-corrected chi connectivity index (χ2v) is 4.95. The fraction of sp³-hybridized carbons (Fsp3) is 0.214. The molecule has 0 amide bonds. The Kier molecular flexibility index (Phi) is 4.10. The fourth-order valence-corrected chi connectivity index (χ4v) is 2.53. The summed E-state index contributed by atoms with van der Waals surface area (Å²) in [6.07, 6.45) is 0.655. The molecule has 18 heavy (non-hydrogen) atoms. The lowest BCUT2D eigenvalue weighted by molar-refractivity contribution is 0.112. The lowest BCUT2D eigenvalue weighted by Crippen LogP contribution is -2.22. The molecule has 0 N–H and O–H groups in total. The van der Waals surface area contributed by atoms with E-state index in [1.54, 1.807) is 23.5 Å². The first-order valence-corrected chi connectivity index (χ1v) is 6.64. The molecule has 0 spiro atoms. The Hall–Kier alpha value is -1.68. The highest BCUT2D eigenvalue weighted by Crippen LogP contribution is 2.23. The molecule has 0 saturated carbocycles. The van der Waals surface area contributed by atoms with Crippen molar-refractivity contribution in [1.29, 1.82) is 0 Å². The third-order valence-corrected chi connectivity index (χ3v) is 3.62. The third kappa shape index (κ3) is 2.76. The molecule has 0 fully saturated rings. The number of benzene rings is 1. The molecule has 2 rings (SSSR count). The van der Waals surface area contributed by atoms with Crippen molar-refractivity contribution in [3.8, 4) is 0 Å². The van der Waals surface area contributed by atoms with Gasteiger partial charge in [0.25, 0.3) is 0 Å². The van der Waals surface area contributed by atoms with Crippen molar-refractivity contribution in [1.82, 2.24) is 0 Å². The van der Waals surface area contributed by atoms with Gasteiger partial charge in [-0.2, -0.15) is 0 Å². The number of thiophene rings is 1. The molecule has 1 heterocycles. The van der Waals surface area contributed by atoms with E-state index in [2.05, 4.69) is 0 Å². The Labute approximate surface area is 110 Å². The predicted molar refractivity (Wildman–Crippen MR) is 72.8 cm³/mol. The number of anilines is 1. The van der Waals surface area contributed by atoms with E-state index in [9.17, 15) is 9.18 Å². The van der Waals surface area contributed by atoms with Crippen molar-refractivity contribution >= 4 is 23.3 Å². The molecule has 0 unspecified atom stereocenters. The van der Waals surface area contributed by atoms with Gasteiger partial charge in [0.2, 0.25) is 0 Å². The molecule has 2 nitrogen and oxygen atoms in total. The van der Waals surface area contributed by atoms with Crippen LogP contribution in [-0.2, 0) is 6.54 Å². The average Bonchev–Trinajstić information content (AvgIpc) is 2.89. The van der Waals surface area contributed by atoms with Crippen LogP contribution >= 0.6 is 11.3 Å². The van der Waals surface area contributed by atoms with Gasteiger partial charge < -0.3 is 4.90 Å². The van der Waals surface area contributed by atoms with Gasteiger partial charge >= 0.3 is 0 Å². The third-order valence-electron chi connectivity index (χ3n) is 2.76. The van der Waals surface area contributed by atoms with E-state index in [1.807, 2.05) is 29.3 Å². The molecule has 0 atom stereocenters. The molecule has 0 aliphatic rings. The van der Waals surface area contributed by atoms with E-state index in [-0.39, 0.29) is 5.82 Å². The van der Waals surface area contributed by atoms with E-state index in [0.717, 1.165) is 6.54 Å². The molecule has 0 radical (unpaired) electrons. The Morgan fingerprint density at radius 3 is 2.78 bits per heavy atom. The summed E-state index contributed by atoms with van der Waals surface area (Å²) < 4.78 is 13.9. The van der Waals surface area contributed by atoms with Crippen LogP contribution in [0.3, 0.4) is 0 Å². The fourth-order valence-electron chi connectivity index (χ4n) is 1.81. The maximum atomic E-state index is 13.9. The molecular weight excluding hydrogens is 249 g/mol. The maximum absolute atomic E-state index is 13.9. The number of aldehydes is 1. The molecular formula is C14H14FNOS. The van der Waals surface area contributed by atoms with E-state index in [1.165, 1.54) is 10.9 Å². The Morgan fingerprint density at radius 2 is 2.22 bits per heavy atom. The van der Waals surface area contributed by atoms with Gasteiger partial charge in [0.05, 0.1) is 12.2 Å². The lowest BCUT2D eigenvalue weighted by Gasteiger charge is -2.23. The highest BCUT2D eigenvalue weighted by atomic mass is 32.1. The number of carbonyl (C=O) groups excluding carboxylic acids is 1. The van der Waals surface area contributed by atoms with Crippen LogP contribution in [0, 0.1) is 5.82 Å². The van der Waals surface area contributed by atoms with Crippen LogP contribution in [0.2, 0.25) is 0 Å². The van der Waals surface area contributed by atoms with Crippen LogP contribution in [0.1, 0.15) is 22.2 Å². The summed E-state index contributed by atoms with van der Waals surface area (Å²) in [5.41, 5.74) is 0.903. The summed E-state index contributed by atoms with van der Waals surface area (Å²) in [5.74, 6) is -0.349. The molecule has 2 aromatic rings. The van der Waals surface area contributed by atoms with Crippen molar-refractivity contribution in [2.24, 2.45) is 0 Å². The first-order valence-electron chi connectivity index (χ1n) is 5.76. The van der Waals surface area contributed by atoms with Gasteiger partial charge in [-0.1, -0.05) is 6.07 Å². The molecule has 0 saturated heterocycles. The quantitative estimate of drug-likeness (QED) is 0.766. The van der Waals surface area contributed by atoms with Crippen LogP contribution in [0.4, 0.5) is 10.1 Å². The zero-order chi connectivity index (χ0) is 13.0. The average molecular weight is 263 g/mol. The van der Waals surface area contributed by atoms with Crippen molar-refractivity contribution in [2.75, 3.05) is 11.4 Å². The van der Waals surface area contributed by atoms with Crippen LogP contribution in [0.15, 0.2) is 35.7 Å². The highest BCUT2D eigenvalue weighted by Gasteiger charge is 2.11. The summed E-state index contributed by atoms with van der Waals surface area (Å²) in [5, 5.41) is 2.01. The normalized spacial score (nSPS) is 10.3. The van der Waals surface area contributed by atoms with E-state index in [4.69, 9.17) is 0 Å². The SMILES string of the molecule is CCN(Cc1cccs1)c1ccc(C=O)cc1F. The van der Waals surface area contributed by atoms with Crippen LogP contribution in [0.25, 0.3) is 0 Å². The minimum atomic E-state index is -0.349. The standard InChI is InChI=1S/C14H14FNOS/c1-2-16(9-12-4-3-7-18-12)14-6-5-11(10-17)8-13(14)15/h3-8,10H,2,9H2,1H3. The number of nitrogens with zero attached hydrogens (tertiary/aromatic N) is 1. The van der Waals surface area contributed by atoms with Gasteiger partial charge in [0, 0.05) is 17.0 Å². The summed E-state index contributed by atoms with van der Waals surface area (Å²) >= 11 is 1.65. The van der Waals surface area contributed by atoms with Crippen molar-refractivity contribution in [3.05, 3.63) is 52.0 Å². The molecule has 0 bridgehead atoms. The number of carbonyl (C=O) groups is 1. The zero-order valence-corrected chi connectivity index (χ0v) is 10.9. The van der Waals surface area contributed by atoms with Crippen molar-refractivity contribution in [3.63, 3.8) is 0 Å². The molecule has 94 valence electrons. The zero-order valence-electron chi connectivity index (χ0n) is 10.1. The number of rotatable bonds is 5. The van der Waals surface area contributed by atoms with E-state index < -0.39 is 0 Å². The van der Waals surface area contributed by atoms with Gasteiger partial charge in [0.1, 0.15) is 12.1 Å². The van der Waals surface area contributed by atoms with E-state index >= 15 is 0 Å². The second kappa shape index (κ2) is 5.78. The number of hydrogen-bond donors (Lipinski definition) is 0. The first-order chi connectivity index (χ1) is 8.74. The topological polar surface area (TPSA) is 20.3 Å². The summed E-state index contributed by atoms with van der Waals surface area (Å²) in [6.45, 7) is 3.39. The Balaban J connectivity index is 2.24. The molecule has 1 aromatic heterocycles. The number of hydrogen-bond acceptors (Lipinski definition) is 3. The van der Waals surface area contributed by atoms with Crippen LogP contribution in [-0.4, -0.2) is 12.8 Å². The van der Waals surface area contributed by atoms with E-state index in [0.29, 0.717) is 24.1 Å². The summed E-state index contributed by atoms with van der Waals surface area (Å²) in [4.78, 5) is 13.7. The predicted octanol–water partition coefficient (Wildman–Crippen LogP) is 3.73. The highest BCUT2D eigenvalue weighted by molar-refractivity contribution is 7.09. The molecule has 0 aliphatic carbocycles. The van der Waals surface area contributed by atoms with Gasteiger partial charge in [-0.3, -0.25) is 4.79 Å².